The van der Waals surface area contributed by atoms with E-state index in [0.29, 0.717) is 0 Å². The number of carbonyl (C=O) groups excluding carboxylic acids is 1. The van der Waals surface area contributed by atoms with E-state index in [2.05, 4.69) is 5.32 Å². The lowest BCUT2D eigenvalue weighted by Crippen LogP contribution is -2.50. The zero-order valence-corrected chi connectivity index (χ0v) is 18.3. The predicted octanol–water partition coefficient (Wildman–Crippen LogP) is 3.89. The van der Waals surface area contributed by atoms with Crippen LogP contribution in [0.3, 0.4) is 0 Å². The van der Waals surface area contributed by atoms with Crippen LogP contribution in [0.2, 0.25) is 0 Å². The number of nitrogens with one attached hydrogen (secondary N) is 1. The number of nitrogens with zero attached hydrogens (tertiary/aromatic N) is 2. The lowest BCUT2D eigenvalue weighted by Gasteiger charge is -2.30. The summed E-state index contributed by atoms with van der Waals surface area (Å²) in [6.07, 6.45) is -4.07. The SMILES string of the molecule is CCOC(=O)CCNCC(O)(c1cn(Cc2ccccc2)c2cc([N+](=O)[O-])ccc12)C(F)(F)F. The Kier molecular flexibility index (Phi) is 7.57. The molecule has 0 aliphatic rings. The summed E-state index contributed by atoms with van der Waals surface area (Å²) in [5.41, 5.74) is -3.08. The molecule has 0 aliphatic heterocycles. The lowest BCUT2D eigenvalue weighted by atomic mass is 9.92. The highest BCUT2D eigenvalue weighted by atomic mass is 19.4. The Hall–Kier alpha value is -3.44. The summed E-state index contributed by atoms with van der Waals surface area (Å²) >= 11 is 0. The molecule has 1 aromatic heterocycles. The van der Waals surface area contributed by atoms with Crippen LogP contribution in [0.4, 0.5) is 18.9 Å². The minimum Gasteiger partial charge on any atom is -0.466 e. The van der Waals surface area contributed by atoms with E-state index in [1.165, 1.54) is 22.9 Å². The highest BCUT2D eigenvalue weighted by Crippen LogP contribution is 2.43. The smallest absolute Gasteiger partial charge is 0.422 e. The van der Waals surface area contributed by atoms with Gasteiger partial charge in [-0.1, -0.05) is 30.3 Å². The van der Waals surface area contributed by atoms with E-state index < -0.39 is 34.8 Å². The number of nitro benzene ring substituents is 1. The zero-order chi connectivity index (χ0) is 24.9. The van der Waals surface area contributed by atoms with Crippen molar-refractivity contribution in [2.24, 2.45) is 0 Å². The molecule has 8 nitrogen and oxygen atoms in total. The third kappa shape index (κ3) is 5.37. The molecule has 2 aromatic carbocycles. The monoisotopic (exact) mass is 479 g/mol. The van der Waals surface area contributed by atoms with Crippen LogP contribution < -0.4 is 5.32 Å². The number of ether oxygens (including phenoxy) is 1. The Morgan fingerprint density at radius 2 is 1.91 bits per heavy atom. The minimum absolute atomic E-state index is 0.0357. The largest absolute Gasteiger partial charge is 0.466 e. The van der Waals surface area contributed by atoms with Gasteiger partial charge in [-0.25, -0.2) is 0 Å². The third-order valence-corrected chi connectivity index (χ3v) is 5.38. The Bertz CT molecular complexity index is 1160. The van der Waals surface area contributed by atoms with Gasteiger partial charge in [-0.15, -0.1) is 0 Å². The lowest BCUT2D eigenvalue weighted by molar-refractivity contribution is -0.384. The normalized spacial score (nSPS) is 13.6. The number of nitro groups is 1. The average molecular weight is 479 g/mol. The molecule has 1 atom stereocenters. The first-order valence-corrected chi connectivity index (χ1v) is 10.5. The maximum absolute atomic E-state index is 14.2. The first kappa shape index (κ1) is 25.2. The second-order valence-electron chi connectivity index (χ2n) is 7.70. The number of aromatic nitrogens is 1. The molecule has 0 aliphatic carbocycles. The van der Waals surface area contributed by atoms with E-state index in [1.807, 2.05) is 0 Å². The molecule has 0 spiro atoms. The van der Waals surface area contributed by atoms with Gasteiger partial charge in [-0.05, 0) is 18.6 Å². The van der Waals surface area contributed by atoms with Crippen LogP contribution in [-0.2, 0) is 21.7 Å². The first-order valence-electron chi connectivity index (χ1n) is 10.5. The highest BCUT2D eigenvalue weighted by molar-refractivity contribution is 5.87. The van der Waals surface area contributed by atoms with Crippen LogP contribution in [0, 0.1) is 10.1 Å². The van der Waals surface area contributed by atoms with Gasteiger partial charge < -0.3 is 19.7 Å². The summed E-state index contributed by atoms with van der Waals surface area (Å²) < 4.78 is 48.7. The summed E-state index contributed by atoms with van der Waals surface area (Å²) in [7, 11) is 0. The summed E-state index contributed by atoms with van der Waals surface area (Å²) in [5.74, 6) is -0.572. The van der Waals surface area contributed by atoms with Gasteiger partial charge in [-0.2, -0.15) is 13.2 Å². The number of fused-ring (bicyclic) bond motifs is 1. The Morgan fingerprint density at radius 1 is 1.21 bits per heavy atom. The fraction of sp³-hybridized carbons (Fsp3) is 0.348. The van der Waals surface area contributed by atoms with E-state index >= 15 is 0 Å². The van der Waals surface area contributed by atoms with Crippen LogP contribution >= 0.6 is 0 Å². The molecule has 1 unspecified atom stereocenters. The molecule has 0 fully saturated rings. The maximum Gasteiger partial charge on any atom is 0.422 e. The van der Waals surface area contributed by atoms with Crippen molar-refractivity contribution in [3.05, 3.63) is 76.0 Å². The van der Waals surface area contributed by atoms with Crippen LogP contribution in [0.1, 0.15) is 24.5 Å². The van der Waals surface area contributed by atoms with Crippen LogP contribution in [0.15, 0.2) is 54.7 Å². The van der Waals surface area contributed by atoms with E-state index in [4.69, 9.17) is 4.74 Å². The van der Waals surface area contributed by atoms with Crippen molar-refractivity contribution in [2.45, 2.75) is 31.7 Å². The molecule has 3 aromatic rings. The van der Waals surface area contributed by atoms with Crippen molar-refractivity contribution < 1.29 is 32.7 Å². The number of hydrogen-bond acceptors (Lipinski definition) is 6. The molecule has 2 N–H and O–H groups in total. The van der Waals surface area contributed by atoms with Crippen LogP contribution in [0.25, 0.3) is 10.9 Å². The number of hydrogen-bond donors (Lipinski definition) is 2. The molecule has 1 heterocycles. The number of alkyl halides is 3. The predicted molar refractivity (Wildman–Crippen MR) is 118 cm³/mol. The second-order valence-corrected chi connectivity index (χ2v) is 7.70. The molecule has 3 rings (SSSR count). The van der Waals surface area contributed by atoms with Crippen molar-refractivity contribution in [3.8, 4) is 0 Å². The van der Waals surface area contributed by atoms with Gasteiger partial charge >= 0.3 is 12.1 Å². The number of esters is 1. The van der Waals surface area contributed by atoms with Crippen LogP contribution in [0.5, 0.6) is 0 Å². The zero-order valence-electron chi connectivity index (χ0n) is 18.3. The van der Waals surface area contributed by atoms with Gasteiger partial charge in [0.25, 0.3) is 5.69 Å². The van der Waals surface area contributed by atoms with Crippen molar-refractivity contribution in [1.29, 1.82) is 0 Å². The summed E-state index contributed by atoms with van der Waals surface area (Å²) in [6, 6.07) is 12.4. The standard InChI is InChI=1S/C23H24F3N3O5/c1-2-34-21(30)10-11-27-15-22(31,23(24,25)26)19-14-28(13-16-6-4-3-5-7-16)20-12-17(29(32)33)8-9-18(19)20/h3-9,12,14,27,31H,2,10-11,13,15H2,1H3. The summed E-state index contributed by atoms with van der Waals surface area (Å²) in [5, 5.41) is 24.7. The molecule has 0 saturated carbocycles. The number of rotatable bonds is 10. The first-order chi connectivity index (χ1) is 16.1. The highest BCUT2D eigenvalue weighted by Gasteiger charge is 2.56. The Morgan fingerprint density at radius 3 is 2.53 bits per heavy atom. The van der Waals surface area contributed by atoms with E-state index in [0.717, 1.165) is 11.6 Å². The van der Waals surface area contributed by atoms with Gasteiger partial charge in [0, 0.05) is 48.9 Å². The van der Waals surface area contributed by atoms with Gasteiger partial charge in [0.1, 0.15) is 0 Å². The average Bonchev–Trinajstić information content (AvgIpc) is 3.14. The molecular formula is C23H24F3N3O5. The topological polar surface area (TPSA) is 107 Å². The molecule has 0 bridgehead atoms. The summed E-state index contributed by atoms with van der Waals surface area (Å²) in [4.78, 5) is 22.1. The van der Waals surface area contributed by atoms with Crippen molar-refractivity contribution in [1.82, 2.24) is 9.88 Å². The number of benzene rings is 2. The van der Waals surface area contributed by atoms with E-state index in [-0.39, 0.29) is 42.7 Å². The molecule has 11 heteroatoms. The van der Waals surface area contributed by atoms with Gasteiger partial charge in [-0.3, -0.25) is 14.9 Å². The van der Waals surface area contributed by atoms with E-state index in [1.54, 1.807) is 37.3 Å². The van der Waals surface area contributed by atoms with Gasteiger partial charge in [0.05, 0.1) is 23.5 Å². The van der Waals surface area contributed by atoms with E-state index in [9.17, 15) is 33.2 Å². The number of halogens is 3. The fourth-order valence-corrected chi connectivity index (χ4v) is 3.68. The Balaban J connectivity index is 2.03. The quantitative estimate of drug-likeness (QED) is 0.198. The fourth-order valence-electron chi connectivity index (χ4n) is 3.68. The van der Waals surface area contributed by atoms with Gasteiger partial charge in [0.2, 0.25) is 0 Å². The molecule has 0 amide bonds. The molecule has 0 radical (unpaired) electrons. The molecule has 0 saturated heterocycles. The second kappa shape index (κ2) is 10.2. The Labute approximate surface area is 193 Å². The van der Waals surface area contributed by atoms with Gasteiger partial charge in [0.15, 0.2) is 5.60 Å². The number of aliphatic hydroxyl groups is 1. The maximum atomic E-state index is 14.2. The number of carbonyl (C=O) groups is 1. The molecule has 34 heavy (non-hydrogen) atoms. The molecule has 182 valence electrons. The third-order valence-electron chi connectivity index (χ3n) is 5.38. The minimum atomic E-state index is -5.07. The number of non-ortho nitro benzene ring substituents is 1. The van der Waals surface area contributed by atoms with Crippen molar-refractivity contribution >= 4 is 22.6 Å². The van der Waals surface area contributed by atoms with Crippen molar-refractivity contribution in [3.63, 3.8) is 0 Å². The van der Waals surface area contributed by atoms with Crippen LogP contribution in [-0.4, -0.2) is 46.4 Å². The van der Waals surface area contributed by atoms with Crippen molar-refractivity contribution in [2.75, 3.05) is 19.7 Å². The summed E-state index contributed by atoms with van der Waals surface area (Å²) in [6.45, 7) is 0.854. The molecular weight excluding hydrogens is 455 g/mol.